The topological polar surface area (TPSA) is 66.5 Å². The van der Waals surface area contributed by atoms with E-state index in [1.54, 1.807) is 11.8 Å². The number of carbonyl (C=O) groups excluding carboxylic acids is 1. The molecule has 0 spiro atoms. The van der Waals surface area contributed by atoms with Crippen LogP contribution in [-0.4, -0.2) is 31.7 Å². The van der Waals surface area contributed by atoms with Gasteiger partial charge in [-0.15, -0.1) is 11.8 Å². The Labute approximate surface area is 206 Å². The molecule has 0 saturated carbocycles. The van der Waals surface area contributed by atoms with E-state index in [1.807, 2.05) is 73.7 Å². The summed E-state index contributed by atoms with van der Waals surface area (Å²) in [5, 5.41) is 3.00. The van der Waals surface area contributed by atoms with Crippen LogP contribution in [0, 0.1) is 12.8 Å². The van der Waals surface area contributed by atoms with Crippen LogP contribution in [0.4, 0.5) is 5.69 Å². The molecule has 1 saturated heterocycles. The lowest BCUT2D eigenvalue weighted by atomic mass is 9.97. The lowest BCUT2D eigenvalue weighted by Gasteiger charge is -2.30. The minimum Gasteiger partial charge on any atom is -0.326 e. The van der Waals surface area contributed by atoms with Gasteiger partial charge in [0.1, 0.15) is 0 Å². The van der Waals surface area contributed by atoms with Crippen LogP contribution in [0.2, 0.25) is 0 Å². The molecule has 1 aliphatic heterocycles. The lowest BCUT2D eigenvalue weighted by Crippen LogP contribution is -2.41. The van der Waals surface area contributed by atoms with Crippen molar-refractivity contribution >= 4 is 33.4 Å². The van der Waals surface area contributed by atoms with Gasteiger partial charge in [0.15, 0.2) is 0 Å². The van der Waals surface area contributed by atoms with Crippen LogP contribution in [0.25, 0.3) is 0 Å². The maximum Gasteiger partial charge on any atom is 0.227 e. The predicted molar refractivity (Wildman–Crippen MR) is 139 cm³/mol. The fourth-order valence-electron chi connectivity index (χ4n) is 4.07. The minimum absolute atomic E-state index is 0.00540. The van der Waals surface area contributed by atoms with Gasteiger partial charge in [0, 0.05) is 35.3 Å². The molecule has 0 aromatic heterocycles. The number of sulfonamides is 1. The van der Waals surface area contributed by atoms with Crippen molar-refractivity contribution in [2.75, 3.05) is 18.4 Å². The van der Waals surface area contributed by atoms with Crippen molar-refractivity contribution in [2.24, 2.45) is 5.92 Å². The zero-order chi connectivity index (χ0) is 24.0. The molecule has 0 atom stereocenters. The molecule has 0 bridgehead atoms. The summed E-state index contributed by atoms with van der Waals surface area (Å²) in [7, 11) is -3.40. The Hall–Kier alpha value is -2.61. The fraction of sp³-hybridized carbons (Fsp3) is 0.296. The molecule has 4 rings (SSSR count). The quantitative estimate of drug-likeness (QED) is 0.422. The second-order valence-electron chi connectivity index (χ2n) is 8.64. The van der Waals surface area contributed by atoms with E-state index >= 15 is 0 Å². The van der Waals surface area contributed by atoms with E-state index in [0.717, 1.165) is 22.6 Å². The molecule has 1 heterocycles. The summed E-state index contributed by atoms with van der Waals surface area (Å²) in [6.07, 6.45) is 1.06. The smallest absolute Gasteiger partial charge is 0.227 e. The summed E-state index contributed by atoms with van der Waals surface area (Å²) in [6.45, 7) is 2.68. The fourth-order valence-corrected chi connectivity index (χ4v) is 6.61. The van der Waals surface area contributed by atoms with Crippen LogP contribution in [0.3, 0.4) is 0 Å². The number of hydrogen-bond donors (Lipinski definition) is 1. The van der Waals surface area contributed by atoms with Gasteiger partial charge in [0.2, 0.25) is 15.9 Å². The highest BCUT2D eigenvalue weighted by Crippen LogP contribution is 2.25. The van der Waals surface area contributed by atoms with Gasteiger partial charge in [-0.25, -0.2) is 12.7 Å². The summed E-state index contributed by atoms with van der Waals surface area (Å²) in [6, 6.07) is 25.8. The Kier molecular flexibility index (Phi) is 8.08. The maximum atomic E-state index is 12.9. The number of thioether (sulfide) groups is 1. The van der Waals surface area contributed by atoms with Gasteiger partial charge in [0.25, 0.3) is 0 Å². The first kappa shape index (κ1) is 24.5. The van der Waals surface area contributed by atoms with Crippen molar-refractivity contribution in [1.82, 2.24) is 4.31 Å². The van der Waals surface area contributed by atoms with Crippen LogP contribution >= 0.6 is 11.8 Å². The Morgan fingerprint density at radius 1 is 0.941 bits per heavy atom. The van der Waals surface area contributed by atoms with Gasteiger partial charge >= 0.3 is 0 Å². The number of amides is 1. The average molecular weight is 495 g/mol. The van der Waals surface area contributed by atoms with Gasteiger partial charge in [-0.2, -0.15) is 0 Å². The van der Waals surface area contributed by atoms with Crippen molar-refractivity contribution in [1.29, 1.82) is 0 Å². The monoisotopic (exact) mass is 494 g/mol. The molecule has 1 aliphatic rings. The number of carbonyl (C=O) groups is 1. The third kappa shape index (κ3) is 6.50. The molecule has 1 fully saturated rings. The van der Waals surface area contributed by atoms with E-state index in [-0.39, 0.29) is 17.6 Å². The predicted octanol–water partition coefficient (Wildman–Crippen LogP) is 5.47. The van der Waals surface area contributed by atoms with Crippen LogP contribution in [0.1, 0.15) is 29.5 Å². The highest BCUT2D eigenvalue weighted by atomic mass is 32.2. The normalized spacial score (nSPS) is 15.2. The van der Waals surface area contributed by atoms with E-state index in [2.05, 4.69) is 17.4 Å². The number of hydrogen-bond acceptors (Lipinski definition) is 4. The van der Waals surface area contributed by atoms with E-state index < -0.39 is 10.0 Å². The van der Waals surface area contributed by atoms with Crippen LogP contribution < -0.4 is 5.32 Å². The Bertz CT molecular complexity index is 1200. The second-order valence-corrected chi connectivity index (χ2v) is 11.7. The third-order valence-corrected chi connectivity index (χ3v) is 9.10. The molecule has 3 aromatic rings. The number of nitrogens with zero attached hydrogens (tertiary/aromatic N) is 1. The SMILES string of the molecule is Cc1ccccc1CS(=O)(=O)N1CCC(C(=O)Nc2ccc(CSc3ccccc3)cc2)CC1. The second kappa shape index (κ2) is 11.2. The highest BCUT2D eigenvalue weighted by Gasteiger charge is 2.31. The molecule has 1 amide bonds. The summed E-state index contributed by atoms with van der Waals surface area (Å²) in [5.41, 5.74) is 3.77. The lowest BCUT2D eigenvalue weighted by molar-refractivity contribution is -0.120. The molecular formula is C27H30N2O3S2. The summed E-state index contributed by atoms with van der Waals surface area (Å²) >= 11 is 1.78. The molecule has 0 unspecified atom stereocenters. The highest BCUT2D eigenvalue weighted by molar-refractivity contribution is 7.98. The number of benzene rings is 3. The molecular weight excluding hydrogens is 464 g/mol. The summed E-state index contributed by atoms with van der Waals surface area (Å²) in [5.74, 6) is 0.652. The molecule has 3 aromatic carbocycles. The van der Waals surface area contributed by atoms with Crippen molar-refractivity contribution in [3.05, 3.63) is 95.6 Å². The maximum absolute atomic E-state index is 12.9. The first-order chi connectivity index (χ1) is 16.4. The van der Waals surface area contributed by atoms with Gasteiger partial charge in [-0.05, 0) is 60.7 Å². The van der Waals surface area contributed by atoms with Crippen molar-refractivity contribution in [3.63, 3.8) is 0 Å². The third-order valence-electron chi connectivity index (χ3n) is 6.19. The number of nitrogens with one attached hydrogen (secondary N) is 1. The zero-order valence-electron chi connectivity index (χ0n) is 19.3. The Morgan fingerprint density at radius 2 is 1.59 bits per heavy atom. The van der Waals surface area contributed by atoms with E-state index in [1.165, 1.54) is 14.8 Å². The van der Waals surface area contributed by atoms with Gasteiger partial charge < -0.3 is 5.32 Å². The van der Waals surface area contributed by atoms with E-state index in [0.29, 0.717) is 25.9 Å². The van der Waals surface area contributed by atoms with Gasteiger partial charge in [-0.3, -0.25) is 4.79 Å². The van der Waals surface area contributed by atoms with Crippen molar-refractivity contribution in [2.45, 2.75) is 36.2 Å². The Balaban J connectivity index is 1.26. The molecule has 1 N–H and O–H groups in total. The molecule has 0 aliphatic carbocycles. The molecule has 5 nitrogen and oxygen atoms in total. The number of piperidine rings is 1. The summed E-state index contributed by atoms with van der Waals surface area (Å²) in [4.78, 5) is 14.0. The number of anilines is 1. The van der Waals surface area contributed by atoms with E-state index in [9.17, 15) is 13.2 Å². The largest absolute Gasteiger partial charge is 0.326 e. The number of aryl methyl sites for hydroxylation is 1. The van der Waals surface area contributed by atoms with Crippen LogP contribution in [0.5, 0.6) is 0 Å². The molecule has 7 heteroatoms. The van der Waals surface area contributed by atoms with Crippen molar-refractivity contribution in [3.8, 4) is 0 Å². The molecule has 34 heavy (non-hydrogen) atoms. The molecule has 0 radical (unpaired) electrons. The standard InChI is InChI=1S/C27H30N2O3S2/c1-21-7-5-6-8-24(21)20-34(31,32)29-17-15-23(16-18-29)27(30)28-25-13-11-22(12-14-25)19-33-26-9-3-2-4-10-26/h2-14,23H,15-20H2,1H3,(H,28,30). The average Bonchev–Trinajstić information content (AvgIpc) is 2.86. The zero-order valence-corrected chi connectivity index (χ0v) is 20.9. The van der Waals surface area contributed by atoms with Crippen LogP contribution in [-0.2, 0) is 26.3 Å². The van der Waals surface area contributed by atoms with Gasteiger partial charge in [0.05, 0.1) is 5.75 Å². The first-order valence-electron chi connectivity index (χ1n) is 11.5. The van der Waals surface area contributed by atoms with Gasteiger partial charge in [-0.1, -0.05) is 54.6 Å². The summed E-state index contributed by atoms with van der Waals surface area (Å²) < 4.78 is 27.3. The van der Waals surface area contributed by atoms with Crippen molar-refractivity contribution < 1.29 is 13.2 Å². The Morgan fingerprint density at radius 3 is 2.26 bits per heavy atom. The van der Waals surface area contributed by atoms with E-state index in [4.69, 9.17) is 0 Å². The first-order valence-corrected chi connectivity index (χ1v) is 14.1. The van der Waals surface area contributed by atoms with Crippen LogP contribution in [0.15, 0.2) is 83.8 Å². The minimum atomic E-state index is -3.40. The number of rotatable bonds is 8. The molecule has 178 valence electrons.